The van der Waals surface area contributed by atoms with Crippen LogP contribution >= 0.6 is 0 Å². The third-order valence-electron chi connectivity index (χ3n) is 3.60. The number of rotatable bonds is 4. The van der Waals surface area contributed by atoms with Crippen LogP contribution in [0.25, 0.3) is 0 Å². The number of carboxylic acid groups (broad SMARTS) is 1. The van der Waals surface area contributed by atoms with Crippen molar-refractivity contribution in [2.75, 3.05) is 18.1 Å². The Bertz CT molecular complexity index is 588. The standard InChI is InChI=1S/C12H18N2O5S/c1-8-11(9(2)19-13-8)6-14-3-4-20(17,18)7-10(14)5-12(15)16/h10H,3-7H2,1-2H3,(H,15,16). The Morgan fingerprint density at radius 1 is 1.50 bits per heavy atom. The predicted molar refractivity (Wildman–Crippen MR) is 71.1 cm³/mol. The van der Waals surface area contributed by atoms with Crippen molar-refractivity contribution < 1.29 is 22.8 Å². The summed E-state index contributed by atoms with van der Waals surface area (Å²) in [7, 11) is -3.15. The first-order valence-corrected chi connectivity index (χ1v) is 8.18. The fourth-order valence-electron chi connectivity index (χ4n) is 2.45. The number of carbonyl (C=O) groups is 1. The van der Waals surface area contributed by atoms with Crippen LogP contribution in [0.1, 0.15) is 23.4 Å². The fourth-order valence-corrected chi connectivity index (χ4v) is 4.04. The molecule has 0 saturated carbocycles. The molecule has 20 heavy (non-hydrogen) atoms. The molecule has 1 fully saturated rings. The average molecular weight is 302 g/mol. The predicted octanol–water partition coefficient (Wildman–Crippen LogP) is 0.365. The van der Waals surface area contributed by atoms with Crippen LogP contribution in [0.15, 0.2) is 4.52 Å². The molecule has 0 aromatic carbocycles. The smallest absolute Gasteiger partial charge is 0.304 e. The van der Waals surface area contributed by atoms with Gasteiger partial charge < -0.3 is 9.63 Å². The van der Waals surface area contributed by atoms with Gasteiger partial charge in [0.1, 0.15) is 5.76 Å². The molecule has 0 amide bonds. The van der Waals surface area contributed by atoms with Crippen molar-refractivity contribution in [1.82, 2.24) is 10.1 Å². The molecule has 2 heterocycles. The molecule has 1 unspecified atom stereocenters. The van der Waals surface area contributed by atoms with Crippen molar-refractivity contribution in [2.45, 2.75) is 32.9 Å². The molecular weight excluding hydrogens is 284 g/mol. The van der Waals surface area contributed by atoms with E-state index in [0.717, 1.165) is 11.3 Å². The van der Waals surface area contributed by atoms with Gasteiger partial charge in [-0.25, -0.2) is 8.42 Å². The maximum atomic E-state index is 11.7. The lowest BCUT2D eigenvalue weighted by Crippen LogP contribution is -2.48. The number of aliphatic carboxylic acids is 1. The summed E-state index contributed by atoms with van der Waals surface area (Å²) in [6.45, 7) is 4.42. The molecule has 1 aliphatic rings. The zero-order chi connectivity index (χ0) is 14.9. The summed E-state index contributed by atoms with van der Waals surface area (Å²) in [5.41, 5.74) is 1.66. The topological polar surface area (TPSA) is 101 Å². The van der Waals surface area contributed by atoms with Gasteiger partial charge in [-0.15, -0.1) is 0 Å². The number of sulfone groups is 1. The molecule has 8 heteroatoms. The summed E-state index contributed by atoms with van der Waals surface area (Å²) in [5.74, 6) is -0.351. The third-order valence-corrected chi connectivity index (χ3v) is 5.30. The van der Waals surface area contributed by atoms with Gasteiger partial charge in [0.05, 0.1) is 23.6 Å². The molecule has 1 aliphatic heterocycles. The van der Waals surface area contributed by atoms with Crippen LogP contribution in [0.4, 0.5) is 0 Å². The molecule has 1 N–H and O–H groups in total. The van der Waals surface area contributed by atoms with Crippen LogP contribution in [0.3, 0.4) is 0 Å². The molecule has 1 saturated heterocycles. The van der Waals surface area contributed by atoms with E-state index in [4.69, 9.17) is 9.63 Å². The second-order valence-corrected chi connectivity index (χ2v) is 7.37. The second kappa shape index (κ2) is 5.53. The highest BCUT2D eigenvalue weighted by Gasteiger charge is 2.33. The number of hydrogen-bond donors (Lipinski definition) is 1. The lowest BCUT2D eigenvalue weighted by Gasteiger charge is -2.34. The molecule has 0 spiro atoms. The van der Waals surface area contributed by atoms with E-state index in [2.05, 4.69) is 5.16 Å². The van der Waals surface area contributed by atoms with Gasteiger partial charge in [-0.05, 0) is 13.8 Å². The normalized spacial score (nSPS) is 22.8. The van der Waals surface area contributed by atoms with Gasteiger partial charge >= 0.3 is 5.97 Å². The Kier molecular flexibility index (Phi) is 4.14. The van der Waals surface area contributed by atoms with Crippen molar-refractivity contribution in [3.63, 3.8) is 0 Å². The molecule has 0 aliphatic carbocycles. The first-order chi connectivity index (χ1) is 9.28. The van der Waals surface area contributed by atoms with Gasteiger partial charge in [-0.3, -0.25) is 9.69 Å². The number of aromatic nitrogens is 1. The van der Waals surface area contributed by atoms with Crippen molar-refractivity contribution in [2.24, 2.45) is 0 Å². The highest BCUT2D eigenvalue weighted by molar-refractivity contribution is 7.91. The average Bonchev–Trinajstić information content (AvgIpc) is 2.62. The van der Waals surface area contributed by atoms with Crippen molar-refractivity contribution in [1.29, 1.82) is 0 Å². The first-order valence-electron chi connectivity index (χ1n) is 6.36. The molecule has 112 valence electrons. The van der Waals surface area contributed by atoms with Gasteiger partial charge in [0, 0.05) is 24.7 Å². The SMILES string of the molecule is Cc1noc(C)c1CN1CCS(=O)(=O)CC1CC(=O)O. The summed E-state index contributed by atoms with van der Waals surface area (Å²) in [6.07, 6.45) is -0.178. The minimum absolute atomic E-state index is 0.0620. The van der Waals surface area contributed by atoms with Crippen LogP contribution in [0, 0.1) is 13.8 Å². The van der Waals surface area contributed by atoms with Crippen LogP contribution in [0.2, 0.25) is 0 Å². The van der Waals surface area contributed by atoms with E-state index in [0.29, 0.717) is 18.8 Å². The van der Waals surface area contributed by atoms with E-state index in [1.165, 1.54) is 0 Å². The highest BCUT2D eigenvalue weighted by Crippen LogP contribution is 2.21. The molecule has 7 nitrogen and oxygen atoms in total. The van der Waals surface area contributed by atoms with E-state index in [9.17, 15) is 13.2 Å². The maximum Gasteiger partial charge on any atom is 0.304 e. The molecule has 2 rings (SSSR count). The van der Waals surface area contributed by atoms with Gasteiger partial charge in [-0.1, -0.05) is 5.16 Å². The van der Waals surface area contributed by atoms with E-state index in [-0.39, 0.29) is 17.9 Å². The van der Waals surface area contributed by atoms with Crippen molar-refractivity contribution in [3.8, 4) is 0 Å². The number of aryl methyl sites for hydroxylation is 2. The quantitative estimate of drug-likeness (QED) is 0.857. The van der Waals surface area contributed by atoms with Crippen LogP contribution in [-0.4, -0.2) is 53.6 Å². The lowest BCUT2D eigenvalue weighted by molar-refractivity contribution is -0.138. The lowest BCUT2D eigenvalue weighted by atomic mass is 10.1. The first kappa shape index (κ1) is 15.0. The summed E-state index contributed by atoms with van der Waals surface area (Å²) in [4.78, 5) is 12.8. The van der Waals surface area contributed by atoms with E-state index < -0.39 is 21.8 Å². The number of hydrogen-bond acceptors (Lipinski definition) is 6. The van der Waals surface area contributed by atoms with Gasteiger partial charge in [0.2, 0.25) is 0 Å². The van der Waals surface area contributed by atoms with E-state index in [1.54, 1.807) is 6.92 Å². The summed E-state index contributed by atoms with van der Waals surface area (Å²) in [5, 5.41) is 12.8. The Hall–Kier alpha value is -1.41. The van der Waals surface area contributed by atoms with E-state index in [1.807, 2.05) is 11.8 Å². The van der Waals surface area contributed by atoms with Gasteiger partial charge in [0.15, 0.2) is 9.84 Å². The maximum absolute atomic E-state index is 11.7. The number of nitrogens with zero attached hydrogens (tertiary/aromatic N) is 2. The molecule has 1 atom stereocenters. The largest absolute Gasteiger partial charge is 0.481 e. The number of carboxylic acids is 1. The van der Waals surface area contributed by atoms with Crippen LogP contribution in [-0.2, 0) is 21.2 Å². The fraction of sp³-hybridized carbons (Fsp3) is 0.667. The summed E-state index contributed by atoms with van der Waals surface area (Å²) in [6, 6.07) is -0.500. The summed E-state index contributed by atoms with van der Waals surface area (Å²) < 4.78 is 28.4. The molecule has 1 aromatic rings. The summed E-state index contributed by atoms with van der Waals surface area (Å²) >= 11 is 0. The Balaban J connectivity index is 2.18. The molecule has 0 bridgehead atoms. The van der Waals surface area contributed by atoms with Crippen molar-refractivity contribution >= 4 is 15.8 Å². The minimum Gasteiger partial charge on any atom is -0.481 e. The second-order valence-electron chi connectivity index (χ2n) is 5.14. The monoisotopic (exact) mass is 302 g/mol. The zero-order valence-electron chi connectivity index (χ0n) is 11.5. The Morgan fingerprint density at radius 3 is 2.75 bits per heavy atom. The van der Waals surface area contributed by atoms with Crippen molar-refractivity contribution in [3.05, 3.63) is 17.0 Å². The van der Waals surface area contributed by atoms with Gasteiger partial charge in [0.25, 0.3) is 0 Å². The molecular formula is C12H18N2O5S. The zero-order valence-corrected chi connectivity index (χ0v) is 12.3. The highest BCUT2D eigenvalue weighted by atomic mass is 32.2. The Labute approximate surface area is 117 Å². The van der Waals surface area contributed by atoms with Crippen LogP contribution < -0.4 is 0 Å². The van der Waals surface area contributed by atoms with E-state index >= 15 is 0 Å². The Morgan fingerprint density at radius 2 is 2.20 bits per heavy atom. The minimum atomic E-state index is -3.15. The third kappa shape index (κ3) is 3.37. The molecule has 0 radical (unpaired) electrons. The van der Waals surface area contributed by atoms with Gasteiger partial charge in [-0.2, -0.15) is 0 Å². The van der Waals surface area contributed by atoms with Crippen LogP contribution in [0.5, 0.6) is 0 Å². The molecule has 1 aromatic heterocycles.